The summed E-state index contributed by atoms with van der Waals surface area (Å²) in [7, 11) is 0. The zero-order chi connectivity index (χ0) is 14.4. The van der Waals surface area contributed by atoms with E-state index in [2.05, 4.69) is 76.7 Å². The van der Waals surface area contributed by atoms with Crippen molar-refractivity contribution < 1.29 is 4.74 Å². The smallest absolute Gasteiger partial charge is 0.127 e. The third-order valence-electron chi connectivity index (χ3n) is 2.56. The minimum atomic E-state index is 0.486. The zero-order valence-corrected chi connectivity index (χ0v) is 14.9. The number of ether oxygens (including phenoxy) is 1. The van der Waals surface area contributed by atoms with E-state index in [1.807, 2.05) is 0 Å². The number of rotatable bonds is 7. The molecule has 0 fully saturated rings. The van der Waals surface area contributed by atoms with Gasteiger partial charge in [0.25, 0.3) is 0 Å². The molecule has 0 heterocycles. The third kappa shape index (κ3) is 6.11. The van der Waals surface area contributed by atoms with Crippen LogP contribution in [0.25, 0.3) is 0 Å². The van der Waals surface area contributed by atoms with Crippen molar-refractivity contribution in [3.05, 3.63) is 38.8 Å². The molecular formula is C15H21Br2NO. The Bertz CT molecular complexity index is 444. The first-order chi connectivity index (χ1) is 8.90. The molecule has 0 aliphatic heterocycles. The van der Waals surface area contributed by atoms with E-state index in [0.29, 0.717) is 12.5 Å². The molecule has 2 nitrogen and oxygen atoms in total. The molecule has 1 N–H and O–H groups in total. The molecule has 1 aromatic rings. The van der Waals surface area contributed by atoms with E-state index >= 15 is 0 Å². The molecule has 0 saturated carbocycles. The summed E-state index contributed by atoms with van der Waals surface area (Å²) in [6.45, 7) is 12.5. The fourth-order valence-corrected chi connectivity index (χ4v) is 2.52. The van der Waals surface area contributed by atoms with Crippen LogP contribution < -0.4 is 10.1 Å². The SMILES string of the molecule is C=C(Br)COc1c(C)cc(Br)cc1CNCC(C)C. The molecule has 19 heavy (non-hydrogen) atoms. The summed E-state index contributed by atoms with van der Waals surface area (Å²) in [4.78, 5) is 0. The molecule has 0 spiro atoms. The largest absolute Gasteiger partial charge is 0.488 e. The van der Waals surface area contributed by atoms with Crippen LogP contribution in [-0.2, 0) is 6.54 Å². The quantitative estimate of drug-likeness (QED) is 0.722. The average Bonchev–Trinajstić information content (AvgIpc) is 2.26. The Morgan fingerprint density at radius 3 is 2.68 bits per heavy atom. The summed E-state index contributed by atoms with van der Waals surface area (Å²) in [6, 6.07) is 4.17. The summed E-state index contributed by atoms with van der Waals surface area (Å²) in [5.41, 5.74) is 2.30. The lowest BCUT2D eigenvalue weighted by atomic mass is 10.1. The molecule has 0 aromatic heterocycles. The highest BCUT2D eigenvalue weighted by molar-refractivity contribution is 9.11. The van der Waals surface area contributed by atoms with E-state index in [1.54, 1.807) is 0 Å². The van der Waals surface area contributed by atoms with Crippen molar-refractivity contribution >= 4 is 31.9 Å². The third-order valence-corrected chi connectivity index (χ3v) is 3.24. The highest BCUT2D eigenvalue weighted by Crippen LogP contribution is 2.28. The maximum Gasteiger partial charge on any atom is 0.127 e. The Balaban J connectivity index is 2.83. The molecule has 1 rings (SSSR count). The molecule has 0 unspecified atom stereocenters. The van der Waals surface area contributed by atoms with Crippen LogP contribution in [0.3, 0.4) is 0 Å². The number of nitrogens with one attached hydrogen (secondary N) is 1. The lowest BCUT2D eigenvalue weighted by Crippen LogP contribution is -2.19. The molecule has 4 heteroatoms. The van der Waals surface area contributed by atoms with Gasteiger partial charge in [-0.1, -0.05) is 52.3 Å². The van der Waals surface area contributed by atoms with Crippen LogP contribution in [0, 0.1) is 12.8 Å². The topological polar surface area (TPSA) is 21.3 Å². The molecular weight excluding hydrogens is 370 g/mol. The predicted octanol–water partition coefficient (Wildman–Crippen LogP) is 4.79. The van der Waals surface area contributed by atoms with Gasteiger partial charge in [0.05, 0.1) is 0 Å². The number of aryl methyl sites for hydroxylation is 1. The Morgan fingerprint density at radius 2 is 2.11 bits per heavy atom. The molecule has 0 radical (unpaired) electrons. The molecule has 0 amide bonds. The van der Waals surface area contributed by atoms with Gasteiger partial charge in [0.1, 0.15) is 12.4 Å². The van der Waals surface area contributed by atoms with Gasteiger partial charge in [-0.05, 0) is 37.1 Å². The van der Waals surface area contributed by atoms with E-state index in [4.69, 9.17) is 4.74 Å². The van der Waals surface area contributed by atoms with E-state index in [0.717, 1.165) is 33.4 Å². The number of hydrogen-bond acceptors (Lipinski definition) is 2. The maximum atomic E-state index is 5.83. The first kappa shape index (κ1) is 16.7. The van der Waals surface area contributed by atoms with Crippen LogP contribution in [0.2, 0.25) is 0 Å². The van der Waals surface area contributed by atoms with E-state index in [1.165, 1.54) is 5.56 Å². The highest BCUT2D eigenvalue weighted by atomic mass is 79.9. The first-order valence-corrected chi connectivity index (χ1v) is 7.94. The van der Waals surface area contributed by atoms with Crippen LogP contribution >= 0.6 is 31.9 Å². The Kier molecular flexibility index (Phi) is 7.11. The van der Waals surface area contributed by atoms with Gasteiger partial charge in [-0.3, -0.25) is 0 Å². The summed E-state index contributed by atoms with van der Waals surface area (Å²) in [6.07, 6.45) is 0. The normalized spacial score (nSPS) is 10.8. The summed E-state index contributed by atoms with van der Waals surface area (Å²) < 4.78 is 7.76. The highest BCUT2D eigenvalue weighted by Gasteiger charge is 2.09. The van der Waals surface area contributed by atoms with Gasteiger partial charge in [0, 0.05) is 21.1 Å². The van der Waals surface area contributed by atoms with Crippen molar-refractivity contribution in [2.45, 2.75) is 27.3 Å². The Morgan fingerprint density at radius 1 is 1.42 bits per heavy atom. The van der Waals surface area contributed by atoms with Gasteiger partial charge in [0.2, 0.25) is 0 Å². The van der Waals surface area contributed by atoms with Crippen molar-refractivity contribution in [2.24, 2.45) is 5.92 Å². The van der Waals surface area contributed by atoms with Crippen molar-refractivity contribution in [3.63, 3.8) is 0 Å². The van der Waals surface area contributed by atoms with Gasteiger partial charge >= 0.3 is 0 Å². The van der Waals surface area contributed by atoms with Crippen LogP contribution in [0.15, 0.2) is 27.7 Å². The van der Waals surface area contributed by atoms with Gasteiger partial charge in [-0.2, -0.15) is 0 Å². The predicted molar refractivity (Wildman–Crippen MR) is 89.0 cm³/mol. The van der Waals surface area contributed by atoms with Gasteiger partial charge in [0.15, 0.2) is 0 Å². The minimum Gasteiger partial charge on any atom is -0.488 e. The first-order valence-electron chi connectivity index (χ1n) is 6.36. The van der Waals surface area contributed by atoms with Crippen molar-refractivity contribution in [1.82, 2.24) is 5.32 Å². The number of benzene rings is 1. The molecule has 0 aliphatic rings. The molecule has 1 aromatic carbocycles. The summed E-state index contributed by atoms with van der Waals surface area (Å²) in [5.74, 6) is 1.58. The summed E-state index contributed by atoms with van der Waals surface area (Å²) >= 11 is 6.86. The Labute approximate surface area is 132 Å². The lowest BCUT2D eigenvalue weighted by Gasteiger charge is -2.16. The van der Waals surface area contributed by atoms with Gasteiger partial charge in [-0.25, -0.2) is 0 Å². The molecule has 0 aliphatic carbocycles. The zero-order valence-electron chi connectivity index (χ0n) is 11.7. The van der Waals surface area contributed by atoms with Crippen LogP contribution in [0.4, 0.5) is 0 Å². The second-order valence-corrected chi connectivity index (χ2v) is 7.08. The van der Waals surface area contributed by atoms with Crippen LogP contribution in [-0.4, -0.2) is 13.2 Å². The van der Waals surface area contributed by atoms with E-state index in [-0.39, 0.29) is 0 Å². The second kappa shape index (κ2) is 8.08. The standard InChI is InChI=1S/C15H21Br2NO/c1-10(2)7-18-8-13-6-14(17)5-11(3)15(13)19-9-12(4)16/h5-6,10,18H,4,7-9H2,1-3H3. The Hall–Kier alpha value is -0.320. The summed E-state index contributed by atoms with van der Waals surface area (Å²) in [5, 5.41) is 3.45. The number of hydrogen-bond donors (Lipinski definition) is 1. The van der Waals surface area contributed by atoms with Crippen molar-refractivity contribution in [1.29, 1.82) is 0 Å². The molecule has 0 atom stereocenters. The second-order valence-electron chi connectivity index (χ2n) is 5.04. The molecule has 0 saturated heterocycles. The average molecular weight is 391 g/mol. The van der Waals surface area contributed by atoms with E-state index < -0.39 is 0 Å². The molecule has 106 valence electrons. The monoisotopic (exact) mass is 389 g/mol. The lowest BCUT2D eigenvalue weighted by molar-refractivity contribution is 0.352. The van der Waals surface area contributed by atoms with E-state index in [9.17, 15) is 0 Å². The van der Waals surface area contributed by atoms with Crippen molar-refractivity contribution in [2.75, 3.05) is 13.2 Å². The van der Waals surface area contributed by atoms with Gasteiger partial charge < -0.3 is 10.1 Å². The fraction of sp³-hybridized carbons (Fsp3) is 0.467. The molecule has 0 bridgehead atoms. The van der Waals surface area contributed by atoms with Crippen molar-refractivity contribution in [3.8, 4) is 5.75 Å². The fourth-order valence-electron chi connectivity index (χ4n) is 1.78. The minimum absolute atomic E-state index is 0.486. The van der Waals surface area contributed by atoms with Crippen LogP contribution in [0.5, 0.6) is 5.75 Å². The maximum absolute atomic E-state index is 5.83. The van der Waals surface area contributed by atoms with Gasteiger partial charge in [-0.15, -0.1) is 0 Å². The van der Waals surface area contributed by atoms with Crippen LogP contribution in [0.1, 0.15) is 25.0 Å². The number of halogens is 2.